The molecule has 17 heavy (non-hydrogen) atoms. The first-order valence-electron chi connectivity index (χ1n) is 5.89. The van der Waals surface area contributed by atoms with E-state index in [0.717, 1.165) is 23.4 Å². The third kappa shape index (κ3) is 4.32. The number of carbonyl (C=O) groups is 1. The highest BCUT2D eigenvalue weighted by Gasteiger charge is 2.20. The van der Waals surface area contributed by atoms with Gasteiger partial charge in [0, 0.05) is 21.6 Å². The average molecular weight is 317 g/mol. The van der Waals surface area contributed by atoms with E-state index in [-0.39, 0.29) is 5.91 Å². The summed E-state index contributed by atoms with van der Waals surface area (Å²) in [5.74, 6) is 0.871. The van der Waals surface area contributed by atoms with Crippen molar-refractivity contribution < 1.29 is 4.79 Å². The van der Waals surface area contributed by atoms with Crippen LogP contribution in [0.25, 0.3) is 0 Å². The van der Waals surface area contributed by atoms with E-state index < -0.39 is 0 Å². The molecule has 2 nitrogen and oxygen atoms in total. The van der Waals surface area contributed by atoms with Crippen molar-refractivity contribution in [3.63, 3.8) is 0 Å². The Kier molecular flexibility index (Phi) is 4.46. The van der Waals surface area contributed by atoms with Gasteiger partial charge < -0.3 is 5.32 Å². The SMILES string of the molecule is O=C(NCCCC1CC1)c1cc(Cl)cc(Br)c1. The Bertz CT molecular complexity index is 398. The Balaban J connectivity index is 1.80. The van der Waals surface area contributed by atoms with Gasteiger partial charge in [0.2, 0.25) is 0 Å². The molecule has 1 aliphatic carbocycles. The van der Waals surface area contributed by atoms with E-state index in [1.165, 1.54) is 19.3 Å². The summed E-state index contributed by atoms with van der Waals surface area (Å²) < 4.78 is 0.827. The number of halogens is 2. The molecule has 2 rings (SSSR count). The Morgan fingerprint density at radius 3 is 2.82 bits per heavy atom. The van der Waals surface area contributed by atoms with Gasteiger partial charge in [-0.15, -0.1) is 0 Å². The van der Waals surface area contributed by atoms with Gasteiger partial charge in [-0.25, -0.2) is 0 Å². The number of benzene rings is 1. The highest BCUT2D eigenvalue weighted by Crippen LogP contribution is 2.33. The van der Waals surface area contributed by atoms with Crippen LogP contribution in [0.2, 0.25) is 5.02 Å². The lowest BCUT2D eigenvalue weighted by Crippen LogP contribution is -2.24. The van der Waals surface area contributed by atoms with E-state index in [0.29, 0.717) is 10.6 Å². The molecule has 0 atom stereocenters. The predicted molar refractivity (Wildman–Crippen MR) is 73.4 cm³/mol. The van der Waals surface area contributed by atoms with Crippen LogP contribution < -0.4 is 5.32 Å². The molecule has 1 N–H and O–H groups in total. The van der Waals surface area contributed by atoms with E-state index in [4.69, 9.17) is 11.6 Å². The van der Waals surface area contributed by atoms with Gasteiger partial charge in [-0.1, -0.05) is 40.4 Å². The van der Waals surface area contributed by atoms with E-state index in [2.05, 4.69) is 21.2 Å². The summed E-state index contributed by atoms with van der Waals surface area (Å²) in [6.07, 6.45) is 5.04. The monoisotopic (exact) mass is 315 g/mol. The van der Waals surface area contributed by atoms with Crippen molar-refractivity contribution >= 4 is 33.4 Å². The molecule has 0 saturated heterocycles. The molecular weight excluding hydrogens is 302 g/mol. The lowest BCUT2D eigenvalue weighted by Gasteiger charge is -2.05. The number of carbonyl (C=O) groups excluding carboxylic acids is 1. The first-order chi connectivity index (χ1) is 8.15. The quantitative estimate of drug-likeness (QED) is 0.817. The zero-order valence-electron chi connectivity index (χ0n) is 9.51. The van der Waals surface area contributed by atoms with Crippen molar-refractivity contribution in [3.8, 4) is 0 Å². The number of amides is 1. The molecule has 4 heteroatoms. The van der Waals surface area contributed by atoms with Gasteiger partial charge in [-0.3, -0.25) is 4.79 Å². The van der Waals surface area contributed by atoms with E-state index >= 15 is 0 Å². The van der Waals surface area contributed by atoms with Crippen LogP contribution in [0.4, 0.5) is 0 Å². The highest BCUT2D eigenvalue weighted by molar-refractivity contribution is 9.10. The van der Waals surface area contributed by atoms with Gasteiger partial charge in [0.15, 0.2) is 0 Å². The van der Waals surface area contributed by atoms with Crippen molar-refractivity contribution in [1.82, 2.24) is 5.32 Å². The van der Waals surface area contributed by atoms with Gasteiger partial charge in [-0.2, -0.15) is 0 Å². The molecule has 0 spiro atoms. The molecule has 1 aliphatic rings. The van der Waals surface area contributed by atoms with Gasteiger partial charge >= 0.3 is 0 Å². The second kappa shape index (κ2) is 5.87. The predicted octanol–water partition coefficient (Wildman–Crippen LogP) is 4.02. The molecule has 92 valence electrons. The van der Waals surface area contributed by atoms with Gasteiger partial charge in [0.25, 0.3) is 5.91 Å². The second-order valence-corrected chi connectivity index (χ2v) is 5.85. The van der Waals surface area contributed by atoms with Crippen molar-refractivity contribution in [1.29, 1.82) is 0 Å². The molecular formula is C13H15BrClNO. The van der Waals surface area contributed by atoms with Crippen LogP contribution in [-0.4, -0.2) is 12.5 Å². The van der Waals surface area contributed by atoms with Crippen LogP contribution in [0.1, 0.15) is 36.0 Å². The smallest absolute Gasteiger partial charge is 0.251 e. The minimum absolute atomic E-state index is 0.0519. The van der Waals surface area contributed by atoms with Gasteiger partial charge in [0.05, 0.1) is 0 Å². The number of hydrogen-bond acceptors (Lipinski definition) is 1. The molecule has 0 heterocycles. The van der Waals surface area contributed by atoms with Crippen LogP contribution in [0.5, 0.6) is 0 Å². The molecule has 0 bridgehead atoms. The summed E-state index contributed by atoms with van der Waals surface area (Å²) in [5.41, 5.74) is 0.607. The Morgan fingerprint density at radius 1 is 1.41 bits per heavy atom. The normalized spacial score (nSPS) is 14.7. The molecule has 0 aromatic heterocycles. The lowest BCUT2D eigenvalue weighted by molar-refractivity contribution is 0.0952. The van der Waals surface area contributed by atoms with Crippen molar-refractivity contribution in [2.75, 3.05) is 6.54 Å². The molecule has 0 unspecified atom stereocenters. The minimum Gasteiger partial charge on any atom is -0.352 e. The van der Waals surface area contributed by atoms with Gasteiger partial charge in [0.1, 0.15) is 0 Å². The molecule has 1 fully saturated rings. The van der Waals surface area contributed by atoms with Crippen LogP contribution in [-0.2, 0) is 0 Å². The molecule has 1 amide bonds. The summed E-state index contributed by atoms with van der Waals surface area (Å²) in [7, 11) is 0. The summed E-state index contributed by atoms with van der Waals surface area (Å²) >= 11 is 9.22. The summed E-state index contributed by atoms with van der Waals surface area (Å²) in [6.45, 7) is 0.749. The molecule has 1 aromatic rings. The fraction of sp³-hybridized carbons (Fsp3) is 0.462. The average Bonchev–Trinajstić information content (AvgIpc) is 3.06. The number of rotatable bonds is 5. The van der Waals surface area contributed by atoms with E-state index in [1.54, 1.807) is 18.2 Å². The Morgan fingerprint density at radius 2 is 2.18 bits per heavy atom. The maximum atomic E-state index is 11.8. The summed E-state index contributed by atoms with van der Waals surface area (Å²) in [4.78, 5) is 11.8. The number of nitrogens with one attached hydrogen (secondary N) is 1. The largest absolute Gasteiger partial charge is 0.352 e. The highest BCUT2D eigenvalue weighted by atomic mass is 79.9. The van der Waals surface area contributed by atoms with Crippen molar-refractivity contribution in [3.05, 3.63) is 33.3 Å². The van der Waals surface area contributed by atoms with Crippen molar-refractivity contribution in [2.45, 2.75) is 25.7 Å². The topological polar surface area (TPSA) is 29.1 Å². The zero-order chi connectivity index (χ0) is 12.3. The molecule has 1 saturated carbocycles. The fourth-order valence-electron chi connectivity index (χ4n) is 1.79. The third-order valence-electron chi connectivity index (χ3n) is 2.90. The first-order valence-corrected chi connectivity index (χ1v) is 7.06. The zero-order valence-corrected chi connectivity index (χ0v) is 11.9. The first kappa shape index (κ1) is 12.9. The fourth-order valence-corrected chi connectivity index (χ4v) is 2.65. The van der Waals surface area contributed by atoms with Crippen molar-refractivity contribution in [2.24, 2.45) is 5.92 Å². The second-order valence-electron chi connectivity index (χ2n) is 4.50. The number of hydrogen-bond donors (Lipinski definition) is 1. The molecule has 0 aliphatic heterocycles. The Labute approximate surface area is 115 Å². The standard InChI is InChI=1S/C13H15BrClNO/c14-11-6-10(7-12(15)8-11)13(17)16-5-1-2-9-3-4-9/h6-9H,1-5H2,(H,16,17). The molecule has 1 aromatic carbocycles. The lowest BCUT2D eigenvalue weighted by atomic mass is 10.2. The van der Waals surface area contributed by atoms with Crippen LogP contribution in [0.15, 0.2) is 22.7 Å². The maximum Gasteiger partial charge on any atom is 0.251 e. The molecule has 0 radical (unpaired) electrons. The summed E-state index contributed by atoms with van der Waals surface area (Å²) in [5, 5.41) is 3.49. The minimum atomic E-state index is -0.0519. The third-order valence-corrected chi connectivity index (χ3v) is 3.57. The van der Waals surface area contributed by atoms with Crippen LogP contribution in [0, 0.1) is 5.92 Å². The van der Waals surface area contributed by atoms with E-state index in [9.17, 15) is 4.79 Å². The Hall–Kier alpha value is -0.540. The van der Waals surface area contributed by atoms with Crippen LogP contribution >= 0.6 is 27.5 Å². The van der Waals surface area contributed by atoms with Gasteiger partial charge in [-0.05, 0) is 37.0 Å². The summed E-state index contributed by atoms with van der Waals surface area (Å²) in [6, 6.07) is 5.23. The maximum absolute atomic E-state index is 11.8. The van der Waals surface area contributed by atoms with E-state index in [1.807, 2.05) is 0 Å². The van der Waals surface area contributed by atoms with Crippen LogP contribution in [0.3, 0.4) is 0 Å².